The quantitative estimate of drug-likeness (QED) is 0.626. The van der Waals surface area contributed by atoms with Crippen molar-refractivity contribution < 1.29 is 14.1 Å². The number of nitrogens with zero attached hydrogens (tertiary/aromatic N) is 2. The van der Waals surface area contributed by atoms with Crippen molar-refractivity contribution in [3.05, 3.63) is 64.0 Å². The molecular weight excluding hydrogens is 299 g/mol. The van der Waals surface area contributed by atoms with Gasteiger partial charge in [-0.3, -0.25) is 10.1 Å². The van der Waals surface area contributed by atoms with Crippen LogP contribution in [0.25, 0.3) is 0 Å². The SMILES string of the molecule is COc1ccc(CC2CN(c3ccc(F)cc3[N+](=O)[O-])C2)cc1. The molecule has 1 aliphatic rings. The third-order valence-corrected chi connectivity index (χ3v) is 4.12. The first kappa shape index (κ1) is 15.3. The summed E-state index contributed by atoms with van der Waals surface area (Å²) in [7, 11) is 1.63. The second kappa shape index (κ2) is 6.24. The Morgan fingerprint density at radius 1 is 1.26 bits per heavy atom. The maximum absolute atomic E-state index is 13.2. The smallest absolute Gasteiger partial charge is 0.295 e. The van der Waals surface area contributed by atoms with E-state index in [1.165, 1.54) is 17.7 Å². The number of nitro groups is 1. The van der Waals surface area contributed by atoms with Gasteiger partial charge in [0.15, 0.2) is 0 Å². The molecule has 5 nitrogen and oxygen atoms in total. The van der Waals surface area contributed by atoms with E-state index >= 15 is 0 Å². The van der Waals surface area contributed by atoms with Crippen LogP contribution in [0, 0.1) is 21.8 Å². The fraction of sp³-hybridized carbons (Fsp3) is 0.294. The van der Waals surface area contributed by atoms with E-state index in [9.17, 15) is 14.5 Å². The number of rotatable bonds is 5. The van der Waals surface area contributed by atoms with Crippen molar-refractivity contribution in [2.45, 2.75) is 6.42 Å². The van der Waals surface area contributed by atoms with E-state index in [0.29, 0.717) is 11.6 Å². The standard InChI is InChI=1S/C17H17FN2O3/c1-23-15-5-2-12(3-6-15)8-13-10-19(11-13)16-7-4-14(18)9-17(16)20(21)22/h2-7,9,13H,8,10-11H2,1H3. The van der Waals surface area contributed by atoms with Crippen LogP contribution in [0.4, 0.5) is 15.8 Å². The summed E-state index contributed by atoms with van der Waals surface area (Å²) >= 11 is 0. The van der Waals surface area contributed by atoms with E-state index in [2.05, 4.69) is 0 Å². The minimum absolute atomic E-state index is 0.173. The Morgan fingerprint density at radius 2 is 1.96 bits per heavy atom. The number of hydrogen-bond acceptors (Lipinski definition) is 4. The molecule has 3 rings (SSSR count). The molecule has 23 heavy (non-hydrogen) atoms. The molecule has 0 aliphatic carbocycles. The zero-order chi connectivity index (χ0) is 16.4. The summed E-state index contributed by atoms with van der Waals surface area (Å²) in [5, 5.41) is 11.1. The van der Waals surface area contributed by atoms with Gasteiger partial charge < -0.3 is 9.64 Å². The number of anilines is 1. The van der Waals surface area contributed by atoms with Crippen LogP contribution in [0.2, 0.25) is 0 Å². The third-order valence-electron chi connectivity index (χ3n) is 4.12. The fourth-order valence-corrected chi connectivity index (χ4v) is 2.90. The highest BCUT2D eigenvalue weighted by Gasteiger charge is 2.31. The van der Waals surface area contributed by atoms with E-state index in [-0.39, 0.29) is 5.69 Å². The first-order valence-electron chi connectivity index (χ1n) is 7.38. The average molecular weight is 316 g/mol. The van der Waals surface area contributed by atoms with Crippen LogP contribution in [-0.4, -0.2) is 25.1 Å². The van der Waals surface area contributed by atoms with Crippen LogP contribution in [0.15, 0.2) is 42.5 Å². The number of benzene rings is 2. The molecule has 0 bridgehead atoms. The van der Waals surface area contributed by atoms with Crippen LogP contribution in [0.5, 0.6) is 5.75 Å². The van der Waals surface area contributed by atoms with Crippen molar-refractivity contribution in [3.8, 4) is 5.75 Å². The Morgan fingerprint density at radius 3 is 2.57 bits per heavy atom. The summed E-state index contributed by atoms with van der Waals surface area (Å²) in [6.07, 6.45) is 0.912. The van der Waals surface area contributed by atoms with E-state index in [1.807, 2.05) is 29.2 Å². The summed E-state index contributed by atoms with van der Waals surface area (Å²) in [5.41, 5.74) is 1.53. The number of halogens is 1. The Balaban J connectivity index is 1.63. The second-order valence-corrected chi connectivity index (χ2v) is 5.71. The number of nitro benzene ring substituents is 1. The molecule has 1 aliphatic heterocycles. The lowest BCUT2D eigenvalue weighted by atomic mass is 9.91. The van der Waals surface area contributed by atoms with Gasteiger partial charge in [-0.05, 0) is 42.2 Å². The van der Waals surface area contributed by atoms with Crippen molar-refractivity contribution >= 4 is 11.4 Å². The molecule has 1 fully saturated rings. The molecule has 0 radical (unpaired) electrons. The molecule has 0 unspecified atom stereocenters. The van der Waals surface area contributed by atoms with Crippen molar-refractivity contribution in [2.24, 2.45) is 5.92 Å². The topological polar surface area (TPSA) is 55.6 Å². The predicted octanol–water partition coefficient (Wildman–Crippen LogP) is 3.42. The Kier molecular flexibility index (Phi) is 4.14. The maximum atomic E-state index is 13.2. The minimum atomic E-state index is -0.587. The van der Waals surface area contributed by atoms with E-state index < -0.39 is 10.7 Å². The molecular formula is C17H17FN2O3. The van der Waals surface area contributed by atoms with Crippen molar-refractivity contribution in [3.63, 3.8) is 0 Å². The van der Waals surface area contributed by atoms with E-state index in [4.69, 9.17) is 4.74 Å². The lowest BCUT2D eigenvalue weighted by molar-refractivity contribution is -0.384. The predicted molar refractivity (Wildman–Crippen MR) is 85.5 cm³/mol. The number of ether oxygens (including phenoxy) is 1. The molecule has 120 valence electrons. The summed E-state index contributed by atoms with van der Waals surface area (Å²) in [6.45, 7) is 1.47. The van der Waals surface area contributed by atoms with E-state index in [1.54, 1.807) is 7.11 Å². The summed E-state index contributed by atoms with van der Waals surface area (Å²) in [5.74, 6) is 0.676. The third kappa shape index (κ3) is 3.26. The molecule has 0 saturated carbocycles. The van der Waals surface area contributed by atoms with Crippen molar-refractivity contribution in [2.75, 3.05) is 25.1 Å². The highest BCUT2D eigenvalue weighted by atomic mass is 19.1. The maximum Gasteiger partial charge on any atom is 0.295 e. The molecule has 6 heteroatoms. The first-order chi connectivity index (χ1) is 11.1. The van der Waals surface area contributed by atoms with Gasteiger partial charge in [-0.15, -0.1) is 0 Å². The first-order valence-corrected chi connectivity index (χ1v) is 7.38. The van der Waals surface area contributed by atoms with Gasteiger partial charge in [-0.1, -0.05) is 12.1 Å². The highest BCUT2D eigenvalue weighted by Crippen LogP contribution is 2.34. The highest BCUT2D eigenvalue weighted by molar-refractivity contribution is 5.64. The molecule has 0 N–H and O–H groups in total. The van der Waals surface area contributed by atoms with Gasteiger partial charge in [0.25, 0.3) is 5.69 Å². The molecule has 0 aromatic heterocycles. The lowest BCUT2D eigenvalue weighted by Gasteiger charge is -2.40. The summed E-state index contributed by atoms with van der Waals surface area (Å²) in [4.78, 5) is 12.4. The summed E-state index contributed by atoms with van der Waals surface area (Å²) < 4.78 is 18.3. The zero-order valence-corrected chi connectivity index (χ0v) is 12.7. The largest absolute Gasteiger partial charge is 0.497 e. The average Bonchev–Trinajstić information content (AvgIpc) is 2.51. The van der Waals surface area contributed by atoms with Crippen LogP contribution in [0.1, 0.15) is 5.56 Å². The zero-order valence-electron chi connectivity index (χ0n) is 12.7. The molecule has 1 saturated heterocycles. The van der Waals surface area contributed by atoms with Crippen LogP contribution < -0.4 is 9.64 Å². The van der Waals surface area contributed by atoms with Gasteiger partial charge >= 0.3 is 0 Å². The van der Waals surface area contributed by atoms with Crippen LogP contribution >= 0.6 is 0 Å². The monoisotopic (exact) mass is 316 g/mol. The second-order valence-electron chi connectivity index (χ2n) is 5.71. The normalized spacial score (nSPS) is 14.4. The Labute approximate surface area is 133 Å². The van der Waals surface area contributed by atoms with Crippen LogP contribution in [-0.2, 0) is 6.42 Å². The van der Waals surface area contributed by atoms with Gasteiger partial charge in [-0.25, -0.2) is 4.39 Å². The lowest BCUT2D eigenvalue weighted by Crippen LogP contribution is -2.48. The Bertz CT molecular complexity index is 712. The minimum Gasteiger partial charge on any atom is -0.497 e. The molecule has 1 heterocycles. The molecule has 2 aromatic rings. The van der Waals surface area contributed by atoms with Crippen molar-refractivity contribution in [1.29, 1.82) is 0 Å². The fourth-order valence-electron chi connectivity index (χ4n) is 2.90. The molecule has 0 spiro atoms. The number of methoxy groups -OCH3 is 1. The van der Waals surface area contributed by atoms with Gasteiger partial charge in [0, 0.05) is 13.1 Å². The van der Waals surface area contributed by atoms with Gasteiger partial charge in [0.2, 0.25) is 0 Å². The summed E-state index contributed by atoms with van der Waals surface area (Å²) in [6, 6.07) is 11.6. The molecule has 2 aromatic carbocycles. The molecule has 0 atom stereocenters. The number of hydrogen-bond donors (Lipinski definition) is 0. The molecule has 0 amide bonds. The van der Waals surface area contributed by atoms with E-state index in [0.717, 1.165) is 31.3 Å². The van der Waals surface area contributed by atoms with Gasteiger partial charge in [0.1, 0.15) is 17.3 Å². The van der Waals surface area contributed by atoms with Crippen LogP contribution in [0.3, 0.4) is 0 Å². The van der Waals surface area contributed by atoms with Gasteiger partial charge in [-0.2, -0.15) is 0 Å². The van der Waals surface area contributed by atoms with Crippen molar-refractivity contribution in [1.82, 2.24) is 0 Å². The van der Waals surface area contributed by atoms with Gasteiger partial charge in [0.05, 0.1) is 18.1 Å². The Hall–Kier alpha value is -2.63.